The van der Waals surface area contributed by atoms with Gasteiger partial charge in [-0.2, -0.15) is 0 Å². The van der Waals surface area contributed by atoms with Crippen molar-refractivity contribution in [1.82, 2.24) is 4.72 Å². The van der Waals surface area contributed by atoms with Gasteiger partial charge < -0.3 is 0 Å². The Labute approximate surface area is 107 Å². The number of hydrogen-bond donors (Lipinski definition) is 1. The maximum Gasteiger partial charge on any atom is 0.120 e. The lowest BCUT2D eigenvalue weighted by Gasteiger charge is -2.22. The van der Waals surface area contributed by atoms with Crippen LogP contribution in [-0.4, -0.2) is 10.3 Å². The Kier molecular flexibility index (Phi) is 4.99. The van der Waals surface area contributed by atoms with Crippen molar-refractivity contribution >= 4 is 11.0 Å². The van der Waals surface area contributed by atoms with Crippen molar-refractivity contribution in [2.75, 3.05) is 0 Å². The molecule has 0 aliphatic heterocycles. The van der Waals surface area contributed by atoms with Crippen molar-refractivity contribution in [1.29, 1.82) is 0 Å². The lowest BCUT2D eigenvalue weighted by molar-refractivity contribution is 0.419. The highest BCUT2D eigenvalue weighted by molar-refractivity contribution is 7.87. The number of allylic oxidation sites excluding steroid dienone is 4. The first-order valence-corrected chi connectivity index (χ1v) is 7.95. The third-order valence-corrected chi connectivity index (χ3v) is 5.03. The van der Waals surface area contributed by atoms with Crippen LogP contribution in [0.4, 0.5) is 0 Å². The summed E-state index contributed by atoms with van der Waals surface area (Å²) in [5, 5.41) is 0. The second-order valence-electron chi connectivity index (χ2n) is 5.22. The minimum absolute atomic E-state index is 0.471. The second kappa shape index (κ2) is 6.50. The molecule has 0 amide bonds. The summed E-state index contributed by atoms with van der Waals surface area (Å²) < 4.78 is 15.5. The lowest BCUT2D eigenvalue weighted by atomic mass is 9.96. The molecule has 17 heavy (non-hydrogen) atoms. The molecule has 0 radical (unpaired) electrons. The van der Waals surface area contributed by atoms with Crippen LogP contribution in [0.3, 0.4) is 0 Å². The maximum absolute atomic E-state index is 12.2. The fourth-order valence-electron chi connectivity index (χ4n) is 2.55. The van der Waals surface area contributed by atoms with E-state index in [0.717, 1.165) is 24.2 Å². The van der Waals surface area contributed by atoms with Gasteiger partial charge in [0.2, 0.25) is 0 Å². The molecule has 0 aromatic heterocycles. The normalized spacial score (nSPS) is 24.8. The monoisotopic (exact) mass is 253 g/mol. The van der Waals surface area contributed by atoms with Crippen LogP contribution < -0.4 is 4.72 Å². The zero-order valence-corrected chi connectivity index (χ0v) is 11.5. The van der Waals surface area contributed by atoms with Crippen LogP contribution in [0.25, 0.3) is 0 Å². The highest BCUT2D eigenvalue weighted by Crippen LogP contribution is 2.22. The fraction of sp³-hybridized carbons (Fsp3) is 0.714. The lowest BCUT2D eigenvalue weighted by Crippen LogP contribution is -2.33. The van der Waals surface area contributed by atoms with Gasteiger partial charge in [-0.3, -0.25) is 0 Å². The van der Waals surface area contributed by atoms with Crippen LogP contribution in [0.15, 0.2) is 22.6 Å². The van der Waals surface area contributed by atoms with Gasteiger partial charge in [0.1, 0.15) is 11.0 Å². The maximum atomic E-state index is 12.2. The second-order valence-corrected chi connectivity index (χ2v) is 6.52. The Hall–Kier alpha value is -0.410. The van der Waals surface area contributed by atoms with Crippen molar-refractivity contribution in [3.05, 3.63) is 22.6 Å². The molecule has 96 valence electrons. The van der Waals surface area contributed by atoms with Crippen LogP contribution >= 0.6 is 0 Å². The summed E-state index contributed by atoms with van der Waals surface area (Å²) in [6.45, 7) is 2.15. The molecule has 0 spiro atoms. The van der Waals surface area contributed by atoms with E-state index < -0.39 is 11.0 Å². The molecule has 2 rings (SSSR count). The Bertz CT molecular complexity index is 340. The number of nitrogens with one attached hydrogen (secondary N) is 1. The highest BCUT2D eigenvalue weighted by atomic mass is 32.2. The van der Waals surface area contributed by atoms with Gasteiger partial charge in [-0.15, -0.1) is 0 Å². The highest BCUT2D eigenvalue weighted by Gasteiger charge is 2.17. The predicted octanol–water partition coefficient (Wildman–Crippen LogP) is 3.59. The number of rotatable bonds is 3. The Morgan fingerprint density at radius 2 is 1.88 bits per heavy atom. The van der Waals surface area contributed by atoms with E-state index in [1.54, 1.807) is 0 Å². The molecule has 0 aromatic rings. The Morgan fingerprint density at radius 3 is 2.65 bits per heavy atom. The third-order valence-electron chi connectivity index (χ3n) is 3.67. The molecule has 2 nitrogen and oxygen atoms in total. The van der Waals surface area contributed by atoms with Gasteiger partial charge in [0, 0.05) is 10.9 Å². The Balaban J connectivity index is 1.90. The van der Waals surface area contributed by atoms with Gasteiger partial charge in [0.05, 0.1) is 0 Å². The fourth-order valence-corrected chi connectivity index (χ4v) is 3.76. The molecule has 2 aliphatic carbocycles. The number of hydrogen-bond acceptors (Lipinski definition) is 1. The van der Waals surface area contributed by atoms with Crippen LogP contribution in [0.1, 0.15) is 58.3 Å². The van der Waals surface area contributed by atoms with Gasteiger partial charge in [0.15, 0.2) is 0 Å². The molecular formula is C14H23NOS. The molecule has 0 heterocycles. The summed E-state index contributed by atoms with van der Waals surface area (Å²) in [6, 6.07) is 0.471. The van der Waals surface area contributed by atoms with Gasteiger partial charge in [-0.1, -0.05) is 30.9 Å². The molecule has 1 fully saturated rings. The summed E-state index contributed by atoms with van der Waals surface area (Å²) in [5.41, 5.74) is 1.40. The molecular weight excluding hydrogens is 230 g/mol. The van der Waals surface area contributed by atoms with Crippen LogP contribution in [0, 0.1) is 0 Å². The van der Waals surface area contributed by atoms with E-state index in [4.69, 9.17) is 0 Å². The average molecular weight is 253 g/mol. The summed E-state index contributed by atoms with van der Waals surface area (Å²) in [7, 11) is -0.964. The molecule has 1 atom stereocenters. The van der Waals surface area contributed by atoms with Crippen molar-refractivity contribution in [3.8, 4) is 0 Å². The van der Waals surface area contributed by atoms with Gasteiger partial charge in [-0.25, -0.2) is 8.93 Å². The predicted molar refractivity (Wildman–Crippen MR) is 73.8 cm³/mol. The van der Waals surface area contributed by atoms with E-state index in [2.05, 4.69) is 23.8 Å². The van der Waals surface area contributed by atoms with E-state index in [1.165, 1.54) is 37.7 Å². The van der Waals surface area contributed by atoms with E-state index in [0.29, 0.717) is 6.04 Å². The van der Waals surface area contributed by atoms with Gasteiger partial charge in [-0.05, 0) is 45.1 Å². The molecule has 1 N–H and O–H groups in total. The van der Waals surface area contributed by atoms with E-state index in [-0.39, 0.29) is 0 Å². The minimum Gasteiger partial charge on any atom is -0.238 e. The topological polar surface area (TPSA) is 29.1 Å². The van der Waals surface area contributed by atoms with E-state index >= 15 is 0 Å². The van der Waals surface area contributed by atoms with E-state index in [9.17, 15) is 4.21 Å². The molecule has 1 unspecified atom stereocenters. The smallest absolute Gasteiger partial charge is 0.120 e. The molecule has 2 aliphatic rings. The molecule has 0 aromatic carbocycles. The first-order chi connectivity index (χ1) is 8.25. The minimum atomic E-state index is -0.964. The average Bonchev–Trinajstić information content (AvgIpc) is 2.55. The Morgan fingerprint density at radius 1 is 1.12 bits per heavy atom. The van der Waals surface area contributed by atoms with Gasteiger partial charge in [0.25, 0.3) is 0 Å². The van der Waals surface area contributed by atoms with Crippen molar-refractivity contribution in [3.63, 3.8) is 0 Å². The summed E-state index contributed by atoms with van der Waals surface area (Å²) in [5.74, 6) is 0. The summed E-state index contributed by atoms with van der Waals surface area (Å²) in [4.78, 5) is 1.08. The molecule has 0 saturated heterocycles. The summed E-state index contributed by atoms with van der Waals surface area (Å²) in [6.07, 6.45) is 13.7. The zero-order chi connectivity index (χ0) is 12.1. The van der Waals surface area contributed by atoms with E-state index in [1.807, 2.05) is 0 Å². The van der Waals surface area contributed by atoms with Crippen molar-refractivity contribution < 1.29 is 4.21 Å². The SMILES string of the molecule is CC1=CC=C(S(=O)NC2CCCCC2)CCC1. The van der Waals surface area contributed by atoms with Crippen molar-refractivity contribution in [2.45, 2.75) is 64.3 Å². The largest absolute Gasteiger partial charge is 0.238 e. The van der Waals surface area contributed by atoms with Crippen LogP contribution in [0.5, 0.6) is 0 Å². The molecule has 3 heteroatoms. The first-order valence-electron chi connectivity index (χ1n) is 6.80. The molecule has 1 saturated carbocycles. The standard InChI is InChI=1S/C14H23NOS/c1-12-6-5-9-14(11-10-12)17(16)15-13-7-3-2-4-8-13/h10-11,13,15H,2-9H2,1H3. The third kappa shape index (κ3) is 4.07. The summed E-state index contributed by atoms with van der Waals surface area (Å²) >= 11 is 0. The van der Waals surface area contributed by atoms with Crippen LogP contribution in [0.2, 0.25) is 0 Å². The zero-order valence-electron chi connectivity index (χ0n) is 10.7. The quantitative estimate of drug-likeness (QED) is 0.818. The van der Waals surface area contributed by atoms with Crippen molar-refractivity contribution in [2.24, 2.45) is 0 Å². The molecule has 0 bridgehead atoms. The first kappa shape index (κ1) is 13.0. The van der Waals surface area contributed by atoms with Gasteiger partial charge >= 0.3 is 0 Å². The van der Waals surface area contributed by atoms with Crippen LogP contribution in [-0.2, 0) is 11.0 Å².